The van der Waals surface area contributed by atoms with Gasteiger partial charge in [-0.1, -0.05) is 6.07 Å². The van der Waals surface area contributed by atoms with Crippen LogP contribution in [0.1, 0.15) is 12.5 Å². The molecule has 1 aromatic carbocycles. The number of aliphatic hydroxyl groups excluding tert-OH is 1. The number of hydrogen-bond acceptors (Lipinski definition) is 4. The SMILES string of the molecule is CC(=O)N1COc2c1ccc1c(CO)cc(=O)n(C)c21. The van der Waals surface area contributed by atoms with Crippen molar-refractivity contribution in [2.75, 3.05) is 11.6 Å². The summed E-state index contributed by atoms with van der Waals surface area (Å²) < 4.78 is 7.05. The zero-order valence-corrected chi connectivity index (χ0v) is 11.2. The van der Waals surface area contributed by atoms with Gasteiger partial charge in [-0.05, 0) is 11.6 Å². The number of pyridine rings is 1. The summed E-state index contributed by atoms with van der Waals surface area (Å²) in [5, 5.41) is 10.1. The molecule has 1 aliphatic rings. The van der Waals surface area contributed by atoms with Crippen LogP contribution in [0.4, 0.5) is 5.69 Å². The van der Waals surface area contributed by atoms with Gasteiger partial charge < -0.3 is 14.4 Å². The maximum absolute atomic E-state index is 11.9. The Morgan fingerprint density at radius 2 is 2.20 bits per heavy atom. The van der Waals surface area contributed by atoms with Crippen molar-refractivity contribution >= 4 is 22.5 Å². The van der Waals surface area contributed by atoms with Gasteiger partial charge >= 0.3 is 0 Å². The quantitative estimate of drug-likeness (QED) is 0.832. The van der Waals surface area contributed by atoms with E-state index in [1.165, 1.54) is 22.5 Å². The van der Waals surface area contributed by atoms with Gasteiger partial charge in [0, 0.05) is 25.4 Å². The number of benzene rings is 1. The largest absolute Gasteiger partial charge is 0.468 e. The van der Waals surface area contributed by atoms with E-state index in [-0.39, 0.29) is 24.8 Å². The van der Waals surface area contributed by atoms with Crippen molar-refractivity contribution in [1.29, 1.82) is 0 Å². The Hall–Kier alpha value is -2.34. The Kier molecular flexibility index (Phi) is 2.76. The second-order valence-electron chi connectivity index (χ2n) is 4.76. The van der Waals surface area contributed by atoms with Gasteiger partial charge in [-0.2, -0.15) is 0 Å². The molecule has 1 aliphatic heterocycles. The molecule has 2 aromatic rings. The van der Waals surface area contributed by atoms with Crippen molar-refractivity contribution in [2.45, 2.75) is 13.5 Å². The van der Waals surface area contributed by atoms with Crippen molar-refractivity contribution in [3.05, 3.63) is 34.1 Å². The van der Waals surface area contributed by atoms with Crippen LogP contribution >= 0.6 is 0 Å². The normalized spacial score (nSPS) is 13.4. The van der Waals surface area contributed by atoms with E-state index in [0.29, 0.717) is 22.5 Å². The van der Waals surface area contributed by atoms with Gasteiger partial charge in [-0.25, -0.2) is 0 Å². The fraction of sp³-hybridized carbons (Fsp3) is 0.286. The predicted octanol–water partition coefficient (Wildman–Crippen LogP) is 0.734. The molecule has 0 fully saturated rings. The molecule has 1 aromatic heterocycles. The highest BCUT2D eigenvalue weighted by Gasteiger charge is 2.27. The molecule has 0 spiro atoms. The Morgan fingerprint density at radius 3 is 2.85 bits per heavy atom. The number of hydrogen-bond donors (Lipinski definition) is 1. The number of carbonyl (C=O) groups excluding carboxylic acids is 1. The molecule has 1 N–H and O–H groups in total. The van der Waals surface area contributed by atoms with Gasteiger partial charge in [0.25, 0.3) is 5.56 Å². The van der Waals surface area contributed by atoms with Crippen LogP contribution in [0.3, 0.4) is 0 Å². The summed E-state index contributed by atoms with van der Waals surface area (Å²) >= 11 is 0. The molecule has 0 atom stereocenters. The lowest BCUT2D eigenvalue weighted by Gasteiger charge is -2.13. The average Bonchev–Trinajstić information content (AvgIpc) is 2.86. The number of ether oxygens (including phenoxy) is 1. The van der Waals surface area contributed by atoms with E-state index in [1.807, 2.05) is 0 Å². The van der Waals surface area contributed by atoms with Crippen molar-refractivity contribution in [2.24, 2.45) is 7.05 Å². The zero-order valence-electron chi connectivity index (χ0n) is 11.2. The van der Waals surface area contributed by atoms with E-state index in [2.05, 4.69) is 0 Å². The second kappa shape index (κ2) is 4.35. The Bertz CT molecular complexity index is 779. The molecule has 0 aliphatic carbocycles. The summed E-state index contributed by atoms with van der Waals surface area (Å²) in [6, 6.07) is 4.98. The molecule has 0 radical (unpaired) electrons. The van der Waals surface area contributed by atoms with Gasteiger partial charge in [0.2, 0.25) is 5.91 Å². The molecule has 3 rings (SSSR count). The van der Waals surface area contributed by atoms with Gasteiger partial charge in [0.1, 0.15) is 0 Å². The highest BCUT2D eigenvalue weighted by molar-refractivity contribution is 6.01. The third-order valence-electron chi connectivity index (χ3n) is 3.60. The summed E-state index contributed by atoms with van der Waals surface area (Å²) in [6.45, 7) is 1.38. The minimum absolute atomic E-state index is 0.119. The first kappa shape index (κ1) is 12.7. The van der Waals surface area contributed by atoms with E-state index < -0.39 is 0 Å². The predicted molar refractivity (Wildman–Crippen MR) is 73.8 cm³/mol. The first-order valence-electron chi connectivity index (χ1n) is 6.22. The van der Waals surface area contributed by atoms with E-state index in [1.54, 1.807) is 19.2 Å². The zero-order chi connectivity index (χ0) is 14.4. The first-order chi connectivity index (χ1) is 9.54. The Morgan fingerprint density at radius 1 is 1.45 bits per heavy atom. The number of amides is 1. The highest BCUT2D eigenvalue weighted by Crippen LogP contribution is 2.40. The highest BCUT2D eigenvalue weighted by atomic mass is 16.5. The van der Waals surface area contributed by atoms with Crippen molar-refractivity contribution in [3.63, 3.8) is 0 Å². The first-order valence-corrected chi connectivity index (χ1v) is 6.22. The molecule has 20 heavy (non-hydrogen) atoms. The minimum atomic E-state index is -0.222. The van der Waals surface area contributed by atoms with Gasteiger partial charge in [-0.15, -0.1) is 0 Å². The lowest BCUT2D eigenvalue weighted by Crippen LogP contribution is -2.27. The fourth-order valence-corrected chi connectivity index (χ4v) is 2.53. The van der Waals surface area contributed by atoms with Crippen LogP contribution < -0.4 is 15.2 Å². The fourth-order valence-electron chi connectivity index (χ4n) is 2.53. The molecule has 0 bridgehead atoms. The van der Waals surface area contributed by atoms with Crippen LogP contribution in [0.15, 0.2) is 23.0 Å². The van der Waals surface area contributed by atoms with Crippen molar-refractivity contribution in [3.8, 4) is 5.75 Å². The molecular weight excluding hydrogens is 260 g/mol. The Balaban J connectivity index is 2.40. The number of fused-ring (bicyclic) bond motifs is 3. The molecule has 0 unspecified atom stereocenters. The topological polar surface area (TPSA) is 71.8 Å². The standard InChI is InChI=1S/C14H14N2O4/c1-8(18)16-7-20-14-11(16)4-3-10-9(6-17)5-12(19)15(2)13(10)14/h3-5,17H,6-7H2,1-2H3. The van der Waals surface area contributed by atoms with Crippen LogP contribution in [0, 0.1) is 0 Å². The number of aromatic nitrogens is 1. The molecule has 1 amide bonds. The molecule has 6 nitrogen and oxygen atoms in total. The third kappa shape index (κ3) is 1.61. The molecule has 0 saturated heterocycles. The summed E-state index contributed by atoms with van der Waals surface area (Å²) in [5.74, 6) is 0.388. The van der Waals surface area contributed by atoms with Gasteiger partial charge in [0.05, 0.1) is 17.8 Å². The van der Waals surface area contributed by atoms with Crippen LogP contribution in [-0.2, 0) is 18.4 Å². The number of nitrogens with zero attached hydrogens (tertiary/aromatic N) is 2. The lowest BCUT2D eigenvalue weighted by atomic mass is 10.1. The van der Waals surface area contributed by atoms with Crippen molar-refractivity contribution in [1.82, 2.24) is 4.57 Å². The summed E-state index contributed by atoms with van der Waals surface area (Å²) in [6.07, 6.45) is 0. The second-order valence-corrected chi connectivity index (χ2v) is 4.76. The van der Waals surface area contributed by atoms with E-state index in [9.17, 15) is 14.7 Å². The summed E-state index contributed by atoms with van der Waals surface area (Å²) in [7, 11) is 1.64. The smallest absolute Gasteiger partial charge is 0.251 e. The Labute approximate surface area is 114 Å². The van der Waals surface area contributed by atoms with E-state index in [0.717, 1.165) is 5.39 Å². The third-order valence-corrected chi connectivity index (χ3v) is 3.60. The maximum atomic E-state index is 11.9. The molecule has 104 valence electrons. The number of carbonyl (C=O) groups is 1. The van der Waals surface area contributed by atoms with Gasteiger partial charge in [0.15, 0.2) is 12.5 Å². The van der Waals surface area contributed by atoms with Crippen LogP contribution in [0.2, 0.25) is 0 Å². The lowest BCUT2D eigenvalue weighted by molar-refractivity contribution is -0.116. The number of aliphatic hydroxyl groups is 1. The van der Waals surface area contributed by atoms with Crippen molar-refractivity contribution < 1.29 is 14.6 Å². The minimum Gasteiger partial charge on any atom is -0.468 e. The number of aryl methyl sites for hydroxylation is 1. The summed E-state index contributed by atoms with van der Waals surface area (Å²) in [4.78, 5) is 25.0. The molecular formula is C14H14N2O4. The van der Waals surface area contributed by atoms with E-state index in [4.69, 9.17) is 4.74 Å². The van der Waals surface area contributed by atoms with Crippen LogP contribution in [0.5, 0.6) is 5.75 Å². The monoisotopic (exact) mass is 274 g/mol. The van der Waals surface area contributed by atoms with Crippen LogP contribution in [0.25, 0.3) is 10.9 Å². The molecule has 0 saturated carbocycles. The average molecular weight is 274 g/mol. The van der Waals surface area contributed by atoms with E-state index >= 15 is 0 Å². The van der Waals surface area contributed by atoms with Crippen LogP contribution in [-0.4, -0.2) is 22.3 Å². The summed E-state index contributed by atoms with van der Waals surface area (Å²) in [5.41, 5.74) is 1.58. The number of anilines is 1. The van der Waals surface area contributed by atoms with Gasteiger partial charge in [-0.3, -0.25) is 14.5 Å². The number of rotatable bonds is 1. The molecule has 2 heterocycles. The molecule has 6 heteroatoms. The maximum Gasteiger partial charge on any atom is 0.251 e.